The normalized spacial score (nSPS) is 13.0. The molecule has 1 nitrogen and oxygen atoms in total. The van der Waals surface area contributed by atoms with Gasteiger partial charge in [-0.2, -0.15) is 8.78 Å². The van der Waals surface area contributed by atoms with Crippen LogP contribution < -0.4 is 5.73 Å². The quantitative estimate of drug-likeness (QED) is 0.778. The van der Waals surface area contributed by atoms with Crippen LogP contribution in [0, 0.1) is 6.92 Å². The van der Waals surface area contributed by atoms with Gasteiger partial charge in [-0.25, -0.2) is 0 Å². The van der Waals surface area contributed by atoms with Crippen molar-refractivity contribution in [3.63, 3.8) is 0 Å². The van der Waals surface area contributed by atoms with Crippen LogP contribution in [0.1, 0.15) is 25.0 Å². The first-order valence-electron chi connectivity index (χ1n) is 4.49. The van der Waals surface area contributed by atoms with Gasteiger partial charge in [0.2, 0.25) is 0 Å². The van der Waals surface area contributed by atoms with Crippen LogP contribution in [0.4, 0.5) is 8.78 Å². The summed E-state index contributed by atoms with van der Waals surface area (Å²) in [5.74, 6) is -3.00. The van der Waals surface area contributed by atoms with Crippen LogP contribution in [0.5, 0.6) is 0 Å². The summed E-state index contributed by atoms with van der Waals surface area (Å²) in [6, 6.07) is 6.27. The van der Waals surface area contributed by atoms with E-state index >= 15 is 0 Å². The van der Waals surface area contributed by atoms with E-state index in [9.17, 15) is 8.78 Å². The topological polar surface area (TPSA) is 26.0 Å². The molecule has 0 amide bonds. The van der Waals surface area contributed by atoms with E-state index < -0.39 is 11.5 Å². The van der Waals surface area contributed by atoms with E-state index in [1.807, 2.05) is 0 Å². The van der Waals surface area contributed by atoms with Gasteiger partial charge in [0, 0.05) is 5.56 Å². The lowest BCUT2D eigenvalue weighted by Crippen LogP contribution is -2.48. The van der Waals surface area contributed by atoms with Crippen LogP contribution >= 0.6 is 0 Å². The summed E-state index contributed by atoms with van der Waals surface area (Å²) in [5.41, 5.74) is 4.69. The molecular formula is C11H15F2N. The molecular weight excluding hydrogens is 184 g/mol. The zero-order chi connectivity index (χ0) is 11.0. The minimum Gasteiger partial charge on any atom is -0.320 e. The highest BCUT2D eigenvalue weighted by atomic mass is 19.3. The molecule has 0 unspecified atom stereocenters. The van der Waals surface area contributed by atoms with E-state index in [2.05, 4.69) is 0 Å². The summed E-state index contributed by atoms with van der Waals surface area (Å²) in [4.78, 5) is 0. The predicted molar refractivity (Wildman–Crippen MR) is 53.3 cm³/mol. The summed E-state index contributed by atoms with van der Waals surface area (Å²) in [6.07, 6.45) is 0. The largest absolute Gasteiger partial charge is 0.320 e. The van der Waals surface area contributed by atoms with E-state index in [4.69, 9.17) is 5.73 Å². The summed E-state index contributed by atoms with van der Waals surface area (Å²) in [6.45, 7) is 4.44. The van der Waals surface area contributed by atoms with Gasteiger partial charge in [0.15, 0.2) is 0 Å². The van der Waals surface area contributed by atoms with E-state index in [0.717, 1.165) is 5.56 Å². The minimum absolute atomic E-state index is 0.0231. The molecule has 3 heteroatoms. The Labute approximate surface area is 82.9 Å². The standard InChI is InChI=1S/C11H15F2N/c1-8-5-4-6-9(7-8)11(12,13)10(2,3)14/h4-7H,14H2,1-3H3. The van der Waals surface area contributed by atoms with Crippen molar-refractivity contribution in [1.29, 1.82) is 0 Å². The fourth-order valence-electron chi connectivity index (χ4n) is 1.21. The molecule has 0 saturated heterocycles. The Balaban J connectivity index is 3.16. The fourth-order valence-corrected chi connectivity index (χ4v) is 1.21. The number of nitrogens with two attached hydrogens (primary N) is 1. The number of rotatable bonds is 2. The number of aryl methyl sites for hydroxylation is 1. The lowest BCUT2D eigenvalue weighted by molar-refractivity contribution is -0.0673. The van der Waals surface area contributed by atoms with Crippen LogP contribution in [-0.2, 0) is 5.92 Å². The molecule has 1 aromatic carbocycles. The Morgan fingerprint density at radius 3 is 2.21 bits per heavy atom. The summed E-state index contributed by atoms with van der Waals surface area (Å²) < 4.78 is 27.4. The molecule has 2 N–H and O–H groups in total. The lowest BCUT2D eigenvalue weighted by Gasteiger charge is -2.30. The van der Waals surface area contributed by atoms with Crippen molar-refractivity contribution in [3.8, 4) is 0 Å². The van der Waals surface area contributed by atoms with Gasteiger partial charge in [-0.3, -0.25) is 0 Å². The van der Waals surface area contributed by atoms with Gasteiger partial charge in [0.25, 0.3) is 5.92 Å². The zero-order valence-electron chi connectivity index (χ0n) is 8.64. The van der Waals surface area contributed by atoms with Gasteiger partial charge in [0.1, 0.15) is 0 Å². The molecule has 0 radical (unpaired) electrons. The van der Waals surface area contributed by atoms with Crippen molar-refractivity contribution in [3.05, 3.63) is 35.4 Å². The molecule has 0 bridgehead atoms. The first kappa shape index (κ1) is 11.1. The van der Waals surface area contributed by atoms with Crippen LogP contribution in [0.15, 0.2) is 24.3 Å². The van der Waals surface area contributed by atoms with E-state index in [1.165, 1.54) is 26.0 Å². The monoisotopic (exact) mass is 199 g/mol. The highest BCUT2D eigenvalue weighted by Crippen LogP contribution is 2.37. The molecule has 14 heavy (non-hydrogen) atoms. The first-order chi connectivity index (χ1) is 6.25. The maximum atomic E-state index is 13.7. The Morgan fingerprint density at radius 2 is 1.79 bits per heavy atom. The van der Waals surface area contributed by atoms with Crippen LogP contribution in [0.2, 0.25) is 0 Å². The van der Waals surface area contributed by atoms with E-state index in [0.29, 0.717) is 0 Å². The highest BCUT2D eigenvalue weighted by molar-refractivity contribution is 5.28. The molecule has 0 heterocycles. The molecule has 0 aliphatic heterocycles. The Kier molecular flexibility index (Phi) is 2.63. The Morgan fingerprint density at radius 1 is 1.21 bits per heavy atom. The molecule has 0 atom stereocenters. The molecule has 1 rings (SSSR count). The maximum absolute atomic E-state index is 13.7. The Hall–Kier alpha value is -0.960. The first-order valence-corrected chi connectivity index (χ1v) is 4.49. The average molecular weight is 199 g/mol. The van der Waals surface area contributed by atoms with Gasteiger partial charge in [-0.15, -0.1) is 0 Å². The Bertz CT molecular complexity index is 326. The second-order valence-electron chi connectivity index (χ2n) is 4.17. The summed E-state index contributed by atoms with van der Waals surface area (Å²) >= 11 is 0. The summed E-state index contributed by atoms with van der Waals surface area (Å²) in [7, 11) is 0. The molecule has 0 fully saturated rings. The van der Waals surface area contributed by atoms with Crippen molar-refractivity contribution in [1.82, 2.24) is 0 Å². The third-order valence-corrected chi connectivity index (χ3v) is 2.19. The van der Waals surface area contributed by atoms with Gasteiger partial charge in [-0.05, 0) is 20.8 Å². The molecule has 78 valence electrons. The number of halogens is 2. The molecule has 1 aromatic rings. The van der Waals surface area contributed by atoms with Gasteiger partial charge in [0.05, 0.1) is 5.54 Å². The van der Waals surface area contributed by atoms with Crippen LogP contribution in [0.25, 0.3) is 0 Å². The number of hydrogen-bond acceptors (Lipinski definition) is 1. The van der Waals surface area contributed by atoms with Crippen molar-refractivity contribution in [2.75, 3.05) is 0 Å². The van der Waals surface area contributed by atoms with Crippen LogP contribution in [-0.4, -0.2) is 5.54 Å². The van der Waals surface area contributed by atoms with Gasteiger partial charge in [-0.1, -0.05) is 29.8 Å². The summed E-state index contributed by atoms with van der Waals surface area (Å²) in [5, 5.41) is 0. The van der Waals surface area contributed by atoms with Gasteiger partial charge >= 0.3 is 0 Å². The van der Waals surface area contributed by atoms with E-state index in [-0.39, 0.29) is 5.56 Å². The van der Waals surface area contributed by atoms with Crippen LogP contribution in [0.3, 0.4) is 0 Å². The van der Waals surface area contributed by atoms with Crippen molar-refractivity contribution in [2.45, 2.75) is 32.2 Å². The number of benzene rings is 1. The van der Waals surface area contributed by atoms with Crippen molar-refractivity contribution in [2.24, 2.45) is 5.73 Å². The molecule has 0 aromatic heterocycles. The average Bonchev–Trinajstić information content (AvgIpc) is 2.02. The lowest BCUT2D eigenvalue weighted by atomic mass is 9.90. The molecule has 0 aliphatic carbocycles. The SMILES string of the molecule is Cc1cccc(C(F)(F)C(C)(C)N)c1. The smallest absolute Gasteiger partial charge is 0.290 e. The second-order valence-corrected chi connectivity index (χ2v) is 4.17. The fraction of sp³-hybridized carbons (Fsp3) is 0.455. The number of alkyl halides is 2. The van der Waals surface area contributed by atoms with Gasteiger partial charge < -0.3 is 5.73 Å². The second kappa shape index (κ2) is 3.31. The molecule has 0 spiro atoms. The van der Waals surface area contributed by atoms with E-state index in [1.54, 1.807) is 19.1 Å². The number of hydrogen-bond donors (Lipinski definition) is 1. The third-order valence-electron chi connectivity index (χ3n) is 2.19. The minimum atomic E-state index is -3.00. The molecule has 0 aliphatic rings. The zero-order valence-corrected chi connectivity index (χ0v) is 8.64. The predicted octanol–water partition coefficient (Wildman–Crippen LogP) is 2.82. The van der Waals surface area contributed by atoms with Crippen molar-refractivity contribution < 1.29 is 8.78 Å². The molecule has 0 saturated carbocycles. The maximum Gasteiger partial charge on any atom is 0.290 e. The third kappa shape index (κ3) is 1.93. The highest BCUT2D eigenvalue weighted by Gasteiger charge is 2.45. The van der Waals surface area contributed by atoms with Crippen molar-refractivity contribution >= 4 is 0 Å².